The van der Waals surface area contributed by atoms with Gasteiger partial charge in [0, 0.05) is 5.56 Å². The summed E-state index contributed by atoms with van der Waals surface area (Å²) in [5.74, 6) is 0.302. The zero-order valence-corrected chi connectivity index (χ0v) is 6.90. The molecule has 0 fully saturated rings. The van der Waals surface area contributed by atoms with E-state index < -0.39 is 0 Å². The Balaban J connectivity index is 2.79. The van der Waals surface area contributed by atoms with Crippen molar-refractivity contribution in [1.82, 2.24) is 4.98 Å². The van der Waals surface area contributed by atoms with Crippen molar-refractivity contribution in [2.75, 3.05) is 5.73 Å². The Morgan fingerprint density at radius 1 is 1.23 bits per heavy atom. The molecule has 3 nitrogen and oxygen atoms in total. The summed E-state index contributed by atoms with van der Waals surface area (Å²) in [7, 11) is 0. The molecule has 3 heteroatoms. The molecule has 0 aromatic rings. The lowest BCUT2D eigenvalue weighted by molar-refractivity contribution is 0.112. The molecule has 1 heterocycles. The molecule has 0 saturated carbocycles. The van der Waals surface area contributed by atoms with Crippen LogP contribution in [0.4, 0.5) is 5.82 Å². The van der Waals surface area contributed by atoms with Crippen LogP contribution in [0, 0.1) is 0 Å². The second-order valence-corrected chi connectivity index (χ2v) is 2.74. The van der Waals surface area contributed by atoms with Gasteiger partial charge in [-0.1, -0.05) is 24.3 Å². The van der Waals surface area contributed by atoms with Crippen molar-refractivity contribution in [3.8, 4) is 11.3 Å². The van der Waals surface area contributed by atoms with Crippen molar-refractivity contribution >= 4 is 12.1 Å². The minimum absolute atomic E-state index is 0.302. The number of fused-ring (bicyclic) bond motifs is 1. The van der Waals surface area contributed by atoms with Gasteiger partial charge in [0.1, 0.15) is 5.82 Å². The van der Waals surface area contributed by atoms with Crippen LogP contribution in [0.1, 0.15) is 10.4 Å². The lowest BCUT2D eigenvalue weighted by atomic mass is 10.1. The third-order valence-electron chi connectivity index (χ3n) is 1.94. The summed E-state index contributed by atoms with van der Waals surface area (Å²) in [4.78, 5) is 14.8. The van der Waals surface area contributed by atoms with Gasteiger partial charge in [0.2, 0.25) is 0 Å². The minimum Gasteiger partial charge on any atom is -0.383 e. The van der Waals surface area contributed by atoms with Crippen LogP contribution in [-0.2, 0) is 0 Å². The number of hydrogen-bond acceptors (Lipinski definition) is 3. The van der Waals surface area contributed by atoms with Gasteiger partial charge >= 0.3 is 0 Å². The van der Waals surface area contributed by atoms with Gasteiger partial charge in [-0.15, -0.1) is 0 Å². The number of nitrogens with zero attached hydrogens (tertiary/aromatic N) is 1. The van der Waals surface area contributed by atoms with Crippen molar-refractivity contribution in [3.05, 3.63) is 35.9 Å². The number of hydrogen-bond donors (Lipinski definition) is 1. The number of anilines is 1. The average molecular weight is 172 g/mol. The van der Waals surface area contributed by atoms with E-state index in [0.29, 0.717) is 11.4 Å². The summed E-state index contributed by atoms with van der Waals surface area (Å²) in [5.41, 5.74) is 7.60. The molecule has 0 bridgehead atoms. The maximum absolute atomic E-state index is 10.7. The van der Waals surface area contributed by atoms with E-state index in [4.69, 9.17) is 5.73 Å². The SMILES string of the molecule is Nc1nc2cccccc-2c1C=O. The van der Waals surface area contributed by atoms with Crippen molar-refractivity contribution in [1.29, 1.82) is 0 Å². The van der Waals surface area contributed by atoms with Crippen LogP contribution >= 0.6 is 0 Å². The third kappa shape index (κ3) is 1.14. The summed E-state index contributed by atoms with van der Waals surface area (Å²) in [6.45, 7) is 0. The maximum atomic E-state index is 10.7. The number of nitrogen functional groups attached to an aromatic ring is 1. The lowest BCUT2D eigenvalue weighted by Crippen LogP contribution is -1.88. The van der Waals surface area contributed by atoms with E-state index >= 15 is 0 Å². The molecule has 0 unspecified atom stereocenters. The van der Waals surface area contributed by atoms with Crippen LogP contribution in [-0.4, -0.2) is 11.3 Å². The Kier molecular flexibility index (Phi) is 1.70. The maximum Gasteiger partial charge on any atom is 0.154 e. The molecule has 0 atom stereocenters. The molecule has 0 aromatic heterocycles. The molecule has 1 aliphatic carbocycles. The van der Waals surface area contributed by atoms with E-state index in [0.717, 1.165) is 17.5 Å². The number of carbonyl (C=O) groups excluding carboxylic acids is 1. The van der Waals surface area contributed by atoms with E-state index in [9.17, 15) is 4.79 Å². The first kappa shape index (κ1) is 7.73. The summed E-state index contributed by atoms with van der Waals surface area (Å²) >= 11 is 0. The predicted octanol–water partition coefficient (Wildman–Crippen LogP) is 1.58. The largest absolute Gasteiger partial charge is 0.383 e. The number of aromatic nitrogens is 1. The highest BCUT2D eigenvalue weighted by Gasteiger charge is 2.12. The molecular formula is C10H8N2O. The van der Waals surface area contributed by atoms with Crippen LogP contribution in [0.5, 0.6) is 0 Å². The molecule has 2 N–H and O–H groups in total. The molecule has 0 amide bonds. The highest BCUT2D eigenvalue weighted by molar-refractivity contribution is 5.94. The van der Waals surface area contributed by atoms with Crippen LogP contribution in [0.3, 0.4) is 0 Å². The molecule has 0 aromatic carbocycles. The quantitative estimate of drug-likeness (QED) is 0.664. The van der Waals surface area contributed by atoms with Gasteiger partial charge in [-0.05, 0) is 6.07 Å². The van der Waals surface area contributed by atoms with Gasteiger partial charge in [0.05, 0.1) is 11.3 Å². The summed E-state index contributed by atoms with van der Waals surface area (Å²) < 4.78 is 0. The molecule has 13 heavy (non-hydrogen) atoms. The van der Waals surface area contributed by atoms with Crippen LogP contribution < -0.4 is 5.73 Å². The molecule has 0 saturated heterocycles. The summed E-state index contributed by atoms with van der Waals surface area (Å²) in [6, 6.07) is 9.27. The zero-order chi connectivity index (χ0) is 9.26. The zero-order valence-electron chi connectivity index (χ0n) is 6.90. The number of carbonyl (C=O) groups is 1. The Morgan fingerprint density at radius 3 is 2.77 bits per heavy atom. The fourth-order valence-electron chi connectivity index (χ4n) is 1.31. The van der Waals surface area contributed by atoms with Crippen molar-refractivity contribution in [2.24, 2.45) is 0 Å². The first-order valence-corrected chi connectivity index (χ1v) is 3.92. The Morgan fingerprint density at radius 2 is 2.00 bits per heavy atom. The summed E-state index contributed by atoms with van der Waals surface area (Å²) in [6.07, 6.45) is 0.741. The Hall–Kier alpha value is -1.90. The molecular weight excluding hydrogens is 164 g/mol. The van der Waals surface area contributed by atoms with E-state index in [-0.39, 0.29) is 0 Å². The number of nitrogens with two attached hydrogens (primary N) is 1. The molecule has 2 aliphatic rings. The fraction of sp³-hybridized carbons (Fsp3) is 0. The number of rotatable bonds is 1. The number of aldehydes is 1. The highest BCUT2D eigenvalue weighted by Crippen LogP contribution is 2.27. The first-order valence-electron chi connectivity index (χ1n) is 3.92. The normalized spacial score (nSPS) is 10.2. The van der Waals surface area contributed by atoms with Crippen LogP contribution in [0.15, 0.2) is 30.3 Å². The average Bonchev–Trinajstić information content (AvgIpc) is 2.32. The van der Waals surface area contributed by atoms with Crippen LogP contribution in [0.25, 0.3) is 11.3 Å². The van der Waals surface area contributed by atoms with Gasteiger partial charge in [-0.2, -0.15) is 0 Å². The predicted molar refractivity (Wildman–Crippen MR) is 50.7 cm³/mol. The molecule has 0 spiro atoms. The monoisotopic (exact) mass is 172 g/mol. The topological polar surface area (TPSA) is 56.0 Å². The summed E-state index contributed by atoms with van der Waals surface area (Å²) in [5, 5.41) is 0. The Labute approximate surface area is 75.6 Å². The van der Waals surface area contributed by atoms with E-state index in [2.05, 4.69) is 4.98 Å². The van der Waals surface area contributed by atoms with E-state index in [1.165, 1.54) is 0 Å². The second kappa shape index (κ2) is 2.86. The van der Waals surface area contributed by atoms with Crippen molar-refractivity contribution in [2.45, 2.75) is 0 Å². The van der Waals surface area contributed by atoms with Gasteiger partial charge < -0.3 is 5.73 Å². The van der Waals surface area contributed by atoms with Crippen LogP contribution in [0.2, 0.25) is 0 Å². The lowest BCUT2D eigenvalue weighted by Gasteiger charge is -1.88. The smallest absolute Gasteiger partial charge is 0.154 e. The second-order valence-electron chi connectivity index (χ2n) is 2.74. The molecule has 1 aliphatic heterocycles. The van der Waals surface area contributed by atoms with Gasteiger partial charge in [0.25, 0.3) is 0 Å². The third-order valence-corrected chi connectivity index (χ3v) is 1.94. The highest BCUT2D eigenvalue weighted by atomic mass is 16.1. The van der Waals surface area contributed by atoms with E-state index in [1.54, 1.807) is 0 Å². The van der Waals surface area contributed by atoms with Crippen molar-refractivity contribution in [3.63, 3.8) is 0 Å². The van der Waals surface area contributed by atoms with Crippen molar-refractivity contribution < 1.29 is 4.79 Å². The minimum atomic E-state index is 0.302. The van der Waals surface area contributed by atoms with Gasteiger partial charge in [-0.3, -0.25) is 4.79 Å². The molecule has 0 radical (unpaired) electrons. The molecule has 64 valence electrons. The van der Waals surface area contributed by atoms with E-state index in [1.807, 2.05) is 30.3 Å². The first-order chi connectivity index (χ1) is 6.33. The van der Waals surface area contributed by atoms with Gasteiger partial charge in [-0.25, -0.2) is 4.98 Å². The standard InChI is InChI=1S/C10H8N2O/c11-10-8(6-13)7-4-2-1-3-5-9(7)12-10/h1-6H,(H2,11,12). The Bertz CT molecular complexity index is 426. The molecule has 2 rings (SSSR count). The van der Waals surface area contributed by atoms with Gasteiger partial charge in [0.15, 0.2) is 6.29 Å². The fourth-order valence-corrected chi connectivity index (χ4v) is 1.31.